The van der Waals surface area contributed by atoms with Crippen LogP contribution in [0.5, 0.6) is 0 Å². The van der Waals surface area contributed by atoms with Gasteiger partial charge in [0.2, 0.25) is 0 Å². The van der Waals surface area contributed by atoms with Crippen molar-refractivity contribution in [2.24, 2.45) is 0 Å². The molecule has 0 amide bonds. The van der Waals surface area contributed by atoms with Crippen LogP contribution in [0.4, 0.5) is 0 Å². The van der Waals surface area contributed by atoms with Crippen molar-refractivity contribution in [3.05, 3.63) is 32.8 Å². The molecule has 72 valence electrons. The van der Waals surface area contributed by atoms with E-state index in [2.05, 4.69) is 17.7 Å². The Bertz CT molecular complexity index is 369. The van der Waals surface area contributed by atoms with Gasteiger partial charge in [-0.2, -0.15) is 12.6 Å². The Morgan fingerprint density at radius 2 is 2.08 bits per heavy atom. The third-order valence-electron chi connectivity index (χ3n) is 1.68. The highest BCUT2D eigenvalue weighted by atomic mass is 32.1. The summed E-state index contributed by atoms with van der Waals surface area (Å²) in [7, 11) is 0. The summed E-state index contributed by atoms with van der Waals surface area (Å²) in [5.41, 5.74) is -0.413. The fourth-order valence-electron chi connectivity index (χ4n) is 1.01. The van der Waals surface area contributed by atoms with Crippen LogP contribution < -0.4 is 11.1 Å². The Hall–Kier alpha value is -0.970. The molecule has 0 fully saturated rings. The summed E-state index contributed by atoms with van der Waals surface area (Å²) in [6, 6.07) is 2.51. The molecular weight excluding hydrogens is 188 g/mol. The lowest BCUT2D eigenvalue weighted by atomic mass is 10.3. The van der Waals surface area contributed by atoms with E-state index in [4.69, 9.17) is 0 Å². The van der Waals surface area contributed by atoms with Crippen LogP contribution in [0.15, 0.2) is 21.7 Å². The minimum atomic E-state index is -0.245. The van der Waals surface area contributed by atoms with Crippen LogP contribution in [0.3, 0.4) is 0 Å². The lowest BCUT2D eigenvalue weighted by Gasteiger charge is -2.02. The van der Waals surface area contributed by atoms with Crippen molar-refractivity contribution < 1.29 is 0 Å². The summed E-state index contributed by atoms with van der Waals surface area (Å²) < 4.78 is 1.33. The zero-order valence-electron chi connectivity index (χ0n) is 7.19. The Balaban J connectivity index is 2.70. The van der Waals surface area contributed by atoms with Crippen LogP contribution in [0.25, 0.3) is 0 Å². The first-order chi connectivity index (χ1) is 6.24. The number of rotatable bonds is 4. The first-order valence-corrected chi connectivity index (χ1v) is 4.78. The number of nitrogens with zero attached hydrogens (tertiary/aromatic N) is 1. The maximum absolute atomic E-state index is 11.1. The van der Waals surface area contributed by atoms with Crippen molar-refractivity contribution in [3.8, 4) is 0 Å². The number of nitrogens with one attached hydrogen (secondary N) is 1. The quantitative estimate of drug-likeness (QED) is 0.540. The second-order valence-corrected chi connectivity index (χ2v) is 3.18. The number of aryl methyl sites for hydroxylation is 1. The van der Waals surface area contributed by atoms with Gasteiger partial charge in [0.1, 0.15) is 0 Å². The molecule has 1 aromatic rings. The molecule has 0 saturated heterocycles. The molecule has 4 nitrogen and oxygen atoms in total. The highest BCUT2D eigenvalue weighted by molar-refractivity contribution is 7.80. The SMILES string of the molecule is O=c1ccc(=O)n(CCCCS)[nH]1. The summed E-state index contributed by atoms with van der Waals surface area (Å²) in [6.07, 6.45) is 1.79. The third kappa shape index (κ3) is 3.10. The summed E-state index contributed by atoms with van der Waals surface area (Å²) in [5.74, 6) is 0.797. The van der Waals surface area contributed by atoms with Crippen LogP contribution in [0.2, 0.25) is 0 Å². The van der Waals surface area contributed by atoms with Gasteiger partial charge in [-0.25, -0.2) is 0 Å². The molecule has 0 aromatic carbocycles. The van der Waals surface area contributed by atoms with E-state index in [-0.39, 0.29) is 11.1 Å². The van der Waals surface area contributed by atoms with E-state index < -0.39 is 0 Å². The van der Waals surface area contributed by atoms with Crippen LogP contribution in [0.1, 0.15) is 12.8 Å². The fourth-order valence-corrected chi connectivity index (χ4v) is 1.23. The monoisotopic (exact) mass is 200 g/mol. The van der Waals surface area contributed by atoms with Crippen molar-refractivity contribution in [2.45, 2.75) is 19.4 Å². The first-order valence-electron chi connectivity index (χ1n) is 4.15. The van der Waals surface area contributed by atoms with Crippen molar-refractivity contribution in [1.29, 1.82) is 0 Å². The Morgan fingerprint density at radius 3 is 2.77 bits per heavy atom. The van der Waals surface area contributed by atoms with E-state index in [0.717, 1.165) is 18.6 Å². The van der Waals surface area contributed by atoms with E-state index in [0.29, 0.717) is 6.54 Å². The standard InChI is InChI=1S/C8H12N2O2S/c11-7-3-4-8(12)10(9-7)5-1-2-6-13/h3-4,13H,1-2,5-6H2,(H,9,11). The van der Waals surface area contributed by atoms with Crippen LogP contribution in [-0.2, 0) is 6.54 Å². The van der Waals surface area contributed by atoms with E-state index in [1.165, 1.54) is 16.8 Å². The van der Waals surface area contributed by atoms with Gasteiger partial charge in [0.05, 0.1) is 0 Å². The zero-order chi connectivity index (χ0) is 9.68. The molecule has 0 aliphatic heterocycles. The summed E-state index contributed by atoms with van der Waals surface area (Å²) in [6.45, 7) is 0.551. The number of H-pyrrole nitrogens is 1. The fraction of sp³-hybridized carbons (Fsp3) is 0.500. The van der Waals surface area contributed by atoms with E-state index in [1.807, 2.05) is 0 Å². The van der Waals surface area contributed by atoms with Gasteiger partial charge in [0.15, 0.2) is 0 Å². The molecule has 0 aliphatic carbocycles. The molecule has 0 unspecified atom stereocenters. The van der Waals surface area contributed by atoms with Crippen molar-refractivity contribution in [1.82, 2.24) is 9.78 Å². The second kappa shape index (κ2) is 4.91. The lowest BCUT2D eigenvalue weighted by molar-refractivity contribution is 0.538. The van der Waals surface area contributed by atoms with Gasteiger partial charge in [-0.1, -0.05) is 0 Å². The number of thiol groups is 1. The second-order valence-electron chi connectivity index (χ2n) is 2.73. The van der Waals surface area contributed by atoms with E-state index >= 15 is 0 Å². The molecule has 5 heteroatoms. The van der Waals surface area contributed by atoms with Gasteiger partial charge in [0, 0.05) is 18.7 Å². The maximum atomic E-state index is 11.1. The van der Waals surface area contributed by atoms with Crippen LogP contribution in [0, 0.1) is 0 Å². The molecule has 1 rings (SSSR count). The minimum absolute atomic E-state index is 0.168. The Labute approximate surface area is 81.0 Å². The summed E-state index contributed by atoms with van der Waals surface area (Å²) in [4.78, 5) is 22.0. The van der Waals surface area contributed by atoms with Crippen molar-refractivity contribution >= 4 is 12.6 Å². The Morgan fingerprint density at radius 1 is 1.31 bits per heavy atom. The predicted octanol–water partition coefficient (Wildman–Crippen LogP) is 0.247. The number of hydrogen-bond donors (Lipinski definition) is 2. The average molecular weight is 200 g/mol. The average Bonchev–Trinajstić information content (AvgIpc) is 2.11. The van der Waals surface area contributed by atoms with Crippen molar-refractivity contribution in [2.75, 3.05) is 5.75 Å². The first kappa shape index (κ1) is 10.1. The number of aromatic amines is 1. The molecule has 0 atom stereocenters. The molecule has 1 aromatic heterocycles. The van der Waals surface area contributed by atoms with Gasteiger partial charge in [0.25, 0.3) is 11.1 Å². The molecule has 13 heavy (non-hydrogen) atoms. The molecule has 0 saturated carbocycles. The number of aromatic nitrogens is 2. The topological polar surface area (TPSA) is 54.9 Å². The predicted molar refractivity (Wildman–Crippen MR) is 54.4 cm³/mol. The van der Waals surface area contributed by atoms with Gasteiger partial charge >= 0.3 is 0 Å². The van der Waals surface area contributed by atoms with Gasteiger partial charge in [-0.15, -0.1) is 0 Å². The highest BCUT2D eigenvalue weighted by Crippen LogP contribution is 1.91. The third-order valence-corrected chi connectivity index (χ3v) is 1.99. The minimum Gasteiger partial charge on any atom is -0.268 e. The largest absolute Gasteiger partial charge is 0.268 e. The van der Waals surface area contributed by atoms with Gasteiger partial charge < -0.3 is 0 Å². The molecule has 1 N–H and O–H groups in total. The van der Waals surface area contributed by atoms with Crippen molar-refractivity contribution in [3.63, 3.8) is 0 Å². The van der Waals surface area contributed by atoms with Crippen LogP contribution >= 0.6 is 12.6 Å². The molecule has 0 aliphatic rings. The highest BCUT2D eigenvalue weighted by Gasteiger charge is 1.94. The smallest absolute Gasteiger partial charge is 0.265 e. The number of unbranched alkanes of at least 4 members (excludes halogenated alkanes) is 1. The number of hydrogen-bond acceptors (Lipinski definition) is 3. The van der Waals surface area contributed by atoms with Gasteiger partial charge in [-0.3, -0.25) is 19.4 Å². The lowest BCUT2D eigenvalue weighted by Crippen LogP contribution is -2.27. The van der Waals surface area contributed by atoms with E-state index in [9.17, 15) is 9.59 Å². The molecule has 0 bridgehead atoms. The Kier molecular flexibility index (Phi) is 3.82. The zero-order valence-corrected chi connectivity index (χ0v) is 8.09. The molecule has 0 spiro atoms. The molecule has 0 radical (unpaired) electrons. The normalized spacial score (nSPS) is 10.2. The molecular formula is C8H12N2O2S. The van der Waals surface area contributed by atoms with E-state index in [1.54, 1.807) is 0 Å². The molecule has 1 heterocycles. The van der Waals surface area contributed by atoms with Crippen LogP contribution in [-0.4, -0.2) is 15.5 Å². The summed E-state index contributed by atoms with van der Waals surface area (Å²) >= 11 is 4.05. The summed E-state index contributed by atoms with van der Waals surface area (Å²) in [5, 5.41) is 2.46. The maximum Gasteiger partial charge on any atom is 0.265 e. The van der Waals surface area contributed by atoms with Gasteiger partial charge in [-0.05, 0) is 18.6 Å².